The summed E-state index contributed by atoms with van der Waals surface area (Å²) >= 11 is 0. The first-order valence-electron chi connectivity index (χ1n) is 4.90. The Morgan fingerprint density at radius 2 is 2.21 bits per heavy atom. The van der Waals surface area contributed by atoms with Crippen LogP contribution >= 0.6 is 0 Å². The predicted molar refractivity (Wildman–Crippen MR) is 58.4 cm³/mol. The van der Waals surface area contributed by atoms with Crippen LogP contribution in [0.25, 0.3) is 0 Å². The van der Waals surface area contributed by atoms with Gasteiger partial charge in [0.2, 0.25) is 0 Å². The van der Waals surface area contributed by atoms with Gasteiger partial charge in [-0.05, 0) is 20.8 Å². The van der Waals surface area contributed by atoms with E-state index < -0.39 is 0 Å². The summed E-state index contributed by atoms with van der Waals surface area (Å²) in [6.45, 7) is 7.08. The van der Waals surface area contributed by atoms with E-state index in [0.717, 1.165) is 13.0 Å². The van der Waals surface area contributed by atoms with Gasteiger partial charge in [-0.15, -0.1) is 0 Å². The Bertz CT molecular complexity index is 250. The highest BCUT2D eigenvalue weighted by Crippen LogP contribution is 2.30. The number of hydrogen-bond acceptors (Lipinski definition) is 4. The molecule has 0 aromatic heterocycles. The van der Waals surface area contributed by atoms with Crippen LogP contribution in [-0.4, -0.2) is 42.7 Å². The number of rotatable bonds is 3. The standard InChI is InChI=1S/C10H21N3O/c1-9(2,14-5)6-10(3)7-12-8(11)13(10)4/h6-7H2,1-5H3,(H2,11,12). The lowest BCUT2D eigenvalue weighted by molar-refractivity contribution is -0.0142. The Balaban J connectivity index is 2.70. The monoisotopic (exact) mass is 199 g/mol. The van der Waals surface area contributed by atoms with Gasteiger partial charge in [0.15, 0.2) is 5.96 Å². The van der Waals surface area contributed by atoms with Crippen LogP contribution in [0.1, 0.15) is 27.2 Å². The zero-order chi connectivity index (χ0) is 11.0. The molecule has 82 valence electrons. The number of methoxy groups -OCH3 is 1. The number of nitrogens with two attached hydrogens (primary N) is 1. The van der Waals surface area contributed by atoms with E-state index in [1.165, 1.54) is 0 Å². The zero-order valence-corrected chi connectivity index (χ0v) is 9.79. The van der Waals surface area contributed by atoms with Crippen molar-refractivity contribution in [3.05, 3.63) is 0 Å². The molecule has 0 saturated carbocycles. The number of likely N-dealkylation sites (N-methyl/N-ethyl adjacent to an activating group) is 1. The van der Waals surface area contributed by atoms with Gasteiger partial charge in [0.25, 0.3) is 0 Å². The second kappa shape index (κ2) is 3.42. The van der Waals surface area contributed by atoms with Crippen molar-refractivity contribution in [3.8, 4) is 0 Å². The molecule has 0 bridgehead atoms. The summed E-state index contributed by atoms with van der Waals surface area (Å²) in [6, 6.07) is 0. The topological polar surface area (TPSA) is 50.9 Å². The van der Waals surface area contributed by atoms with Crippen molar-refractivity contribution in [3.63, 3.8) is 0 Å². The van der Waals surface area contributed by atoms with Crippen LogP contribution in [0.3, 0.4) is 0 Å². The van der Waals surface area contributed by atoms with Crippen LogP contribution < -0.4 is 5.73 Å². The molecule has 0 amide bonds. The normalized spacial score (nSPS) is 28.1. The number of guanidine groups is 1. The Hall–Kier alpha value is -0.770. The third kappa shape index (κ3) is 2.00. The average molecular weight is 199 g/mol. The molecule has 1 aliphatic heterocycles. The van der Waals surface area contributed by atoms with E-state index >= 15 is 0 Å². The molecule has 0 saturated heterocycles. The maximum atomic E-state index is 5.75. The predicted octanol–water partition coefficient (Wildman–Crippen LogP) is 0.820. The van der Waals surface area contributed by atoms with Crippen molar-refractivity contribution < 1.29 is 4.74 Å². The number of hydrogen-bond donors (Lipinski definition) is 1. The SMILES string of the molecule is COC(C)(C)CC1(C)CN=C(N)N1C. The van der Waals surface area contributed by atoms with E-state index in [9.17, 15) is 0 Å². The fourth-order valence-electron chi connectivity index (χ4n) is 1.90. The molecule has 0 aromatic rings. The molecule has 1 atom stereocenters. The molecule has 4 nitrogen and oxygen atoms in total. The van der Waals surface area contributed by atoms with E-state index in [0.29, 0.717) is 5.96 Å². The highest BCUT2D eigenvalue weighted by atomic mass is 16.5. The van der Waals surface area contributed by atoms with Crippen LogP contribution in [0.2, 0.25) is 0 Å². The van der Waals surface area contributed by atoms with Crippen molar-refractivity contribution >= 4 is 5.96 Å². The average Bonchev–Trinajstić information content (AvgIpc) is 2.33. The second-order valence-electron chi connectivity index (χ2n) is 4.87. The van der Waals surface area contributed by atoms with Crippen LogP contribution in [-0.2, 0) is 4.74 Å². The molecule has 1 heterocycles. The largest absolute Gasteiger partial charge is 0.379 e. The maximum Gasteiger partial charge on any atom is 0.191 e. The third-order valence-electron chi connectivity index (χ3n) is 3.09. The van der Waals surface area contributed by atoms with Crippen LogP contribution in [0, 0.1) is 0 Å². The van der Waals surface area contributed by atoms with Crippen LogP contribution in [0.4, 0.5) is 0 Å². The number of nitrogens with zero attached hydrogens (tertiary/aromatic N) is 2. The minimum Gasteiger partial charge on any atom is -0.379 e. The molecule has 14 heavy (non-hydrogen) atoms. The molecular weight excluding hydrogens is 178 g/mol. The van der Waals surface area contributed by atoms with Gasteiger partial charge in [0, 0.05) is 20.6 Å². The fourth-order valence-corrected chi connectivity index (χ4v) is 1.90. The smallest absolute Gasteiger partial charge is 0.191 e. The van der Waals surface area contributed by atoms with E-state index in [-0.39, 0.29) is 11.1 Å². The van der Waals surface area contributed by atoms with Gasteiger partial charge in [-0.3, -0.25) is 4.99 Å². The first-order chi connectivity index (χ1) is 6.31. The molecule has 0 spiro atoms. The molecule has 0 radical (unpaired) electrons. The van der Waals surface area contributed by atoms with Gasteiger partial charge in [0.05, 0.1) is 17.7 Å². The Labute approximate surface area is 86.1 Å². The summed E-state index contributed by atoms with van der Waals surface area (Å²) in [4.78, 5) is 6.29. The summed E-state index contributed by atoms with van der Waals surface area (Å²) in [6.07, 6.45) is 0.914. The molecule has 0 aromatic carbocycles. The van der Waals surface area contributed by atoms with Gasteiger partial charge in [-0.1, -0.05) is 0 Å². The molecule has 4 heteroatoms. The van der Waals surface area contributed by atoms with Crippen molar-refractivity contribution in [1.29, 1.82) is 0 Å². The number of aliphatic imine (C=N–C) groups is 1. The minimum absolute atomic E-state index is 0.0103. The lowest BCUT2D eigenvalue weighted by Gasteiger charge is -2.38. The van der Waals surface area contributed by atoms with Crippen molar-refractivity contribution in [1.82, 2.24) is 4.90 Å². The van der Waals surface area contributed by atoms with Crippen LogP contribution in [0.15, 0.2) is 4.99 Å². The Morgan fingerprint density at radius 3 is 2.57 bits per heavy atom. The molecule has 1 unspecified atom stereocenters. The second-order valence-corrected chi connectivity index (χ2v) is 4.87. The maximum absolute atomic E-state index is 5.75. The van der Waals surface area contributed by atoms with Crippen molar-refractivity contribution in [2.45, 2.75) is 38.3 Å². The Kier molecular flexibility index (Phi) is 2.76. The van der Waals surface area contributed by atoms with Gasteiger partial charge in [-0.25, -0.2) is 0 Å². The van der Waals surface area contributed by atoms with Crippen molar-refractivity contribution in [2.75, 3.05) is 20.7 Å². The van der Waals surface area contributed by atoms with Gasteiger partial charge < -0.3 is 15.4 Å². The number of ether oxygens (including phenoxy) is 1. The van der Waals surface area contributed by atoms with Gasteiger partial charge in [0.1, 0.15) is 0 Å². The van der Waals surface area contributed by atoms with Crippen molar-refractivity contribution in [2.24, 2.45) is 10.7 Å². The lowest BCUT2D eigenvalue weighted by atomic mass is 9.87. The zero-order valence-electron chi connectivity index (χ0n) is 9.79. The fraction of sp³-hybridized carbons (Fsp3) is 0.900. The lowest BCUT2D eigenvalue weighted by Crippen LogP contribution is -2.51. The highest BCUT2D eigenvalue weighted by molar-refractivity contribution is 5.80. The molecule has 1 rings (SSSR count). The summed E-state index contributed by atoms with van der Waals surface area (Å²) < 4.78 is 5.43. The minimum atomic E-state index is -0.136. The molecule has 0 fully saturated rings. The highest BCUT2D eigenvalue weighted by Gasteiger charge is 2.40. The molecular formula is C10H21N3O. The Morgan fingerprint density at radius 1 is 1.64 bits per heavy atom. The summed E-state index contributed by atoms with van der Waals surface area (Å²) in [5.41, 5.74) is 5.60. The first-order valence-corrected chi connectivity index (χ1v) is 4.90. The third-order valence-corrected chi connectivity index (χ3v) is 3.09. The van der Waals surface area contributed by atoms with E-state index in [1.807, 2.05) is 11.9 Å². The van der Waals surface area contributed by atoms with E-state index in [4.69, 9.17) is 10.5 Å². The molecule has 2 N–H and O–H groups in total. The summed E-state index contributed by atoms with van der Waals surface area (Å²) in [7, 11) is 3.72. The van der Waals surface area contributed by atoms with Gasteiger partial charge >= 0.3 is 0 Å². The van der Waals surface area contributed by atoms with Gasteiger partial charge in [-0.2, -0.15) is 0 Å². The summed E-state index contributed by atoms with van der Waals surface area (Å²) in [5.74, 6) is 0.624. The summed E-state index contributed by atoms with van der Waals surface area (Å²) in [5, 5.41) is 0. The first kappa shape index (κ1) is 11.3. The molecule has 1 aliphatic rings. The van der Waals surface area contributed by atoms with E-state index in [1.54, 1.807) is 7.11 Å². The quantitative estimate of drug-likeness (QED) is 0.732. The van der Waals surface area contributed by atoms with Crippen LogP contribution in [0.5, 0.6) is 0 Å². The van der Waals surface area contributed by atoms with E-state index in [2.05, 4.69) is 25.8 Å². The molecule has 0 aliphatic carbocycles.